The van der Waals surface area contributed by atoms with Crippen molar-refractivity contribution in [3.05, 3.63) is 59.7 Å². The van der Waals surface area contributed by atoms with Gasteiger partial charge in [-0.3, -0.25) is 5.43 Å². The highest BCUT2D eigenvalue weighted by molar-refractivity contribution is 5.97. The van der Waals surface area contributed by atoms with Gasteiger partial charge in [0.25, 0.3) is 5.84 Å². The van der Waals surface area contributed by atoms with Crippen LogP contribution in [0.1, 0.15) is 30.9 Å². The van der Waals surface area contributed by atoms with Gasteiger partial charge in [0.2, 0.25) is 0 Å². The molecule has 0 spiro atoms. The number of nitrogens with zero attached hydrogens (tertiary/aromatic N) is 4. The first-order valence-corrected chi connectivity index (χ1v) is 7.72. The largest absolute Gasteiger partial charge is 0.416 e. The smallest absolute Gasteiger partial charge is 0.276 e. The Kier molecular flexibility index (Phi) is 6.07. The Morgan fingerprint density at radius 1 is 1.04 bits per heavy atom. The van der Waals surface area contributed by atoms with Crippen LogP contribution in [0, 0.1) is 11.3 Å². The number of nitriles is 1. The molecular weight excluding hydrogens is 343 g/mol. The van der Waals surface area contributed by atoms with Crippen molar-refractivity contribution in [1.82, 2.24) is 0 Å². The van der Waals surface area contributed by atoms with Crippen molar-refractivity contribution in [1.29, 1.82) is 5.26 Å². The first-order valence-electron chi connectivity index (χ1n) is 7.72. The molecule has 2 aromatic rings. The molecule has 0 atom stereocenters. The van der Waals surface area contributed by atoms with Crippen LogP contribution in [0.15, 0.2) is 63.9 Å². The monoisotopic (exact) mass is 359 g/mol. The summed E-state index contributed by atoms with van der Waals surface area (Å²) in [5.74, 6) is 0.142. The van der Waals surface area contributed by atoms with Gasteiger partial charge in [-0.25, -0.2) is 0 Å². The van der Waals surface area contributed by atoms with Crippen molar-refractivity contribution in [2.24, 2.45) is 15.3 Å². The predicted octanol–water partition coefficient (Wildman–Crippen LogP) is 5.86. The topological polar surface area (TPSA) is 72.9 Å². The highest BCUT2D eigenvalue weighted by Crippen LogP contribution is 2.29. The zero-order valence-electron chi connectivity index (χ0n) is 14.1. The summed E-state index contributed by atoms with van der Waals surface area (Å²) in [5.41, 5.74) is 3.72. The van der Waals surface area contributed by atoms with Gasteiger partial charge in [0.1, 0.15) is 6.07 Å². The van der Waals surface area contributed by atoms with Gasteiger partial charge < -0.3 is 0 Å². The number of amidine groups is 1. The quantitative estimate of drug-likeness (QED) is 0.321. The van der Waals surface area contributed by atoms with E-state index >= 15 is 0 Å². The number of benzene rings is 2. The SMILES string of the molecule is CC(C)c1ccc(N=N/C(C#N)=N/Nc2ccc(C(F)(F)F)cc2)cc1. The van der Waals surface area contributed by atoms with Crippen LogP contribution in [0.25, 0.3) is 0 Å². The lowest BCUT2D eigenvalue weighted by Crippen LogP contribution is -2.04. The molecule has 0 aromatic heterocycles. The summed E-state index contributed by atoms with van der Waals surface area (Å²) in [6.45, 7) is 4.15. The van der Waals surface area contributed by atoms with E-state index in [2.05, 4.69) is 34.6 Å². The van der Waals surface area contributed by atoms with Crippen LogP contribution in [0.4, 0.5) is 24.5 Å². The fourth-order valence-corrected chi connectivity index (χ4v) is 1.95. The fourth-order valence-electron chi connectivity index (χ4n) is 1.95. The molecule has 0 saturated heterocycles. The lowest BCUT2D eigenvalue weighted by Gasteiger charge is -2.07. The molecule has 0 aliphatic heterocycles. The maximum absolute atomic E-state index is 12.5. The predicted molar refractivity (Wildman–Crippen MR) is 93.2 cm³/mol. The number of halogens is 3. The molecule has 0 aliphatic rings. The van der Waals surface area contributed by atoms with Crippen LogP contribution in [0.2, 0.25) is 0 Å². The zero-order chi connectivity index (χ0) is 19.2. The van der Waals surface area contributed by atoms with Gasteiger partial charge in [-0.1, -0.05) is 26.0 Å². The van der Waals surface area contributed by atoms with E-state index in [9.17, 15) is 13.2 Å². The summed E-state index contributed by atoms with van der Waals surface area (Å²) in [6, 6.07) is 13.4. The Labute approximate surface area is 148 Å². The minimum absolute atomic E-state index is 0.252. The van der Waals surface area contributed by atoms with Crippen LogP contribution in [-0.2, 0) is 6.18 Å². The second kappa shape index (κ2) is 8.25. The Morgan fingerprint density at radius 2 is 1.65 bits per heavy atom. The van der Waals surface area contributed by atoms with E-state index in [0.717, 1.165) is 17.7 Å². The van der Waals surface area contributed by atoms with Crippen LogP contribution >= 0.6 is 0 Å². The number of hydrazone groups is 1. The summed E-state index contributed by atoms with van der Waals surface area (Å²) in [7, 11) is 0. The molecule has 0 amide bonds. The average molecular weight is 359 g/mol. The lowest BCUT2D eigenvalue weighted by atomic mass is 10.0. The van der Waals surface area contributed by atoms with Crippen LogP contribution in [0.3, 0.4) is 0 Å². The molecule has 26 heavy (non-hydrogen) atoms. The van der Waals surface area contributed by atoms with Crippen molar-refractivity contribution in [2.75, 3.05) is 5.43 Å². The maximum atomic E-state index is 12.5. The number of hydrogen-bond acceptors (Lipinski definition) is 4. The number of azo groups is 1. The van der Waals surface area contributed by atoms with E-state index in [0.29, 0.717) is 17.3 Å². The third-order valence-electron chi connectivity index (χ3n) is 3.42. The number of alkyl halides is 3. The summed E-state index contributed by atoms with van der Waals surface area (Å²) in [6.07, 6.45) is -4.40. The molecule has 0 bridgehead atoms. The molecule has 1 N–H and O–H groups in total. The standard InChI is InChI=1S/C18H16F3N5/c1-12(2)13-3-7-15(8-4-13)23-25-17(11-22)26-24-16-9-5-14(6-10-16)18(19,20)21/h3-10,12,24H,1-2H3/b25-23?,26-17+. The summed E-state index contributed by atoms with van der Waals surface area (Å²) >= 11 is 0. The first-order chi connectivity index (χ1) is 12.3. The molecular formula is C18H16F3N5. The van der Waals surface area contributed by atoms with Gasteiger partial charge in [0, 0.05) is 0 Å². The van der Waals surface area contributed by atoms with E-state index in [1.165, 1.54) is 12.1 Å². The van der Waals surface area contributed by atoms with E-state index in [1.807, 2.05) is 12.1 Å². The molecule has 2 aromatic carbocycles. The number of rotatable bonds is 4. The molecule has 0 unspecified atom stereocenters. The third kappa shape index (κ3) is 5.41. The highest BCUT2D eigenvalue weighted by Gasteiger charge is 2.29. The van der Waals surface area contributed by atoms with Gasteiger partial charge in [-0.2, -0.15) is 18.4 Å². The van der Waals surface area contributed by atoms with Crippen molar-refractivity contribution in [2.45, 2.75) is 25.9 Å². The molecule has 134 valence electrons. The second-order valence-electron chi connectivity index (χ2n) is 5.68. The molecule has 0 fully saturated rings. The zero-order valence-corrected chi connectivity index (χ0v) is 14.1. The summed E-state index contributed by atoms with van der Waals surface area (Å²) in [5, 5.41) is 20.4. The number of hydrogen-bond donors (Lipinski definition) is 1. The van der Waals surface area contributed by atoms with Gasteiger partial charge in [0.15, 0.2) is 0 Å². The van der Waals surface area contributed by atoms with Crippen LogP contribution in [-0.4, -0.2) is 5.84 Å². The van der Waals surface area contributed by atoms with E-state index in [4.69, 9.17) is 5.26 Å². The normalized spacial score (nSPS) is 12.4. The minimum Gasteiger partial charge on any atom is -0.276 e. The Hall–Kier alpha value is -3.21. The van der Waals surface area contributed by atoms with E-state index in [-0.39, 0.29) is 5.84 Å². The third-order valence-corrected chi connectivity index (χ3v) is 3.42. The molecule has 8 heteroatoms. The lowest BCUT2D eigenvalue weighted by molar-refractivity contribution is -0.137. The number of anilines is 1. The molecule has 5 nitrogen and oxygen atoms in total. The van der Waals surface area contributed by atoms with Crippen molar-refractivity contribution in [3.63, 3.8) is 0 Å². The van der Waals surface area contributed by atoms with Gasteiger partial charge in [-0.15, -0.1) is 15.3 Å². The second-order valence-corrected chi connectivity index (χ2v) is 5.68. The average Bonchev–Trinajstić information content (AvgIpc) is 2.62. The minimum atomic E-state index is -4.40. The Bertz CT molecular complexity index is 829. The van der Waals surface area contributed by atoms with E-state index in [1.54, 1.807) is 18.2 Å². The van der Waals surface area contributed by atoms with Crippen LogP contribution < -0.4 is 5.43 Å². The van der Waals surface area contributed by atoms with Gasteiger partial charge >= 0.3 is 6.18 Å². The molecule has 0 heterocycles. The molecule has 0 radical (unpaired) electrons. The summed E-state index contributed by atoms with van der Waals surface area (Å²) < 4.78 is 37.5. The molecule has 0 saturated carbocycles. The van der Waals surface area contributed by atoms with Gasteiger partial charge in [-0.05, 0) is 47.9 Å². The molecule has 2 rings (SSSR count). The molecule has 0 aliphatic carbocycles. The maximum Gasteiger partial charge on any atom is 0.416 e. The summed E-state index contributed by atoms with van der Waals surface area (Å²) in [4.78, 5) is 0. The number of nitrogens with one attached hydrogen (secondary N) is 1. The first kappa shape index (κ1) is 19.1. The Balaban J connectivity index is 2.04. The van der Waals surface area contributed by atoms with Crippen molar-refractivity contribution in [3.8, 4) is 6.07 Å². The Morgan fingerprint density at radius 3 is 2.15 bits per heavy atom. The fraction of sp³-hybridized carbons (Fsp3) is 0.222. The van der Waals surface area contributed by atoms with Gasteiger partial charge in [0.05, 0.1) is 16.9 Å². The highest BCUT2D eigenvalue weighted by atomic mass is 19.4. The van der Waals surface area contributed by atoms with Crippen LogP contribution in [0.5, 0.6) is 0 Å². The van der Waals surface area contributed by atoms with Crippen molar-refractivity contribution < 1.29 is 13.2 Å². The van der Waals surface area contributed by atoms with Crippen molar-refractivity contribution >= 4 is 17.2 Å². The van der Waals surface area contributed by atoms with E-state index < -0.39 is 11.7 Å².